The van der Waals surface area contributed by atoms with Gasteiger partial charge in [-0.3, -0.25) is 0 Å². The van der Waals surface area contributed by atoms with Crippen LogP contribution < -0.4 is 0 Å². The largest absolute Gasteiger partial charge is 0.464 e. The van der Waals surface area contributed by atoms with Crippen LogP contribution in [-0.4, -0.2) is 11.9 Å². The van der Waals surface area contributed by atoms with E-state index in [1.165, 1.54) is 0 Å². The SMILES string of the molecule is C=O.CC.Cc1ccc(CO)o1. The smallest absolute Gasteiger partial charge is 0.129 e. The molecular formula is C9H16O3. The molecule has 1 rings (SSSR count). The summed E-state index contributed by atoms with van der Waals surface area (Å²) in [4.78, 5) is 8.00. The lowest BCUT2D eigenvalue weighted by Gasteiger charge is -1.82. The van der Waals surface area contributed by atoms with Crippen LogP contribution in [0.3, 0.4) is 0 Å². The van der Waals surface area contributed by atoms with Crippen molar-refractivity contribution in [1.82, 2.24) is 0 Å². The van der Waals surface area contributed by atoms with Crippen molar-refractivity contribution >= 4 is 6.79 Å². The second-order valence-corrected chi connectivity index (χ2v) is 1.67. The maximum absolute atomic E-state index is 8.46. The third-order valence-electron chi connectivity index (χ3n) is 0.952. The van der Waals surface area contributed by atoms with Crippen molar-refractivity contribution in [3.63, 3.8) is 0 Å². The predicted octanol–water partition coefficient (Wildman–Crippen LogP) is 1.92. The van der Waals surface area contributed by atoms with E-state index in [2.05, 4.69) is 0 Å². The van der Waals surface area contributed by atoms with E-state index in [-0.39, 0.29) is 6.61 Å². The Balaban J connectivity index is 0. The fourth-order valence-electron chi connectivity index (χ4n) is 0.570. The Kier molecular flexibility index (Phi) is 11.1. The third kappa shape index (κ3) is 5.68. The number of aryl methyl sites for hydroxylation is 1. The first-order valence-electron chi connectivity index (χ1n) is 3.78. The predicted molar refractivity (Wildman–Crippen MR) is 47.8 cm³/mol. The fraction of sp³-hybridized carbons (Fsp3) is 0.444. The van der Waals surface area contributed by atoms with Gasteiger partial charge in [0.05, 0.1) is 0 Å². The van der Waals surface area contributed by atoms with Crippen LogP contribution >= 0.6 is 0 Å². The summed E-state index contributed by atoms with van der Waals surface area (Å²) in [5.41, 5.74) is 0. The first-order chi connectivity index (χ1) is 5.83. The maximum Gasteiger partial charge on any atom is 0.129 e. The van der Waals surface area contributed by atoms with Gasteiger partial charge < -0.3 is 14.3 Å². The van der Waals surface area contributed by atoms with E-state index >= 15 is 0 Å². The van der Waals surface area contributed by atoms with E-state index < -0.39 is 0 Å². The van der Waals surface area contributed by atoms with Crippen LogP contribution in [0.2, 0.25) is 0 Å². The first kappa shape index (κ1) is 13.5. The summed E-state index contributed by atoms with van der Waals surface area (Å²) in [6.07, 6.45) is 0. The first-order valence-corrected chi connectivity index (χ1v) is 3.78. The minimum Gasteiger partial charge on any atom is -0.464 e. The maximum atomic E-state index is 8.46. The number of hydrogen-bond donors (Lipinski definition) is 1. The van der Waals surface area contributed by atoms with E-state index in [4.69, 9.17) is 14.3 Å². The summed E-state index contributed by atoms with van der Waals surface area (Å²) in [6.45, 7) is 7.84. The van der Waals surface area contributed by atoms with Gasteiger partial charge in [-0.05, 0) is 19.1 Å². The Labute approximate surface area is 73.0 Å². The average Bonchev–Trinajstić information content (AvgIpc) is 2.58. The molecular weight excluding hydrogens is 156 g/mol. The van der Waals surface area contributed by atoms with Gasteiger partial charge in [0.1, 0.15) is 24.9 Å². The Hall–Kier alpha value is -1.09. The molecule has 1 aromatic rings. The summed E-state index contributed by atoms with van der Waals surface area (Å²) in [5, 5.41) is 8.46. The lowest BCUT2D eigenvalue weighted by atomic mass is 10.4. The highest BCUT2D eigenvalue weighted by atomic mass is 16.4. The van der Waals surface area contributed by atoms with Gasteiger partial charge in [-0.1, -0.05) is 13.8 Å². The van der Waals surface area contributed by atoms with Gasteiger partial charge in [-0.15, -0.1) is 0 Å². The van der Waals surface area contributed by atoms with Gasteiger partial charge in [0.15, 0.2) is 0 Å². The van der Waals surface area contributed by atoms with Crippen molar-refractivity contribution in [3.8, 4) is 0 Å². The molecule has 0 spiro atoms. The standard InChI is InChI=1S/C6H8O2.C2H6.CH2O/c1-5-2-3-6(4-7)8-5;2*1-2/h2-3,7H,4H2,1H3;1-2H3;1H2. The molecule has 1 heterocycles. The summed E-state index contributed by atoms with van der Waals surface area (Å²) < 4.78 is 4.98. The Bertz CT molecular complexity index is 182. The van der Waals surface area contributed by atoms with E-state index in [0.717, 1.165) is 5.76 Å². The number of aliphatic hydroxyl groups is 1. The second kappa shape index (κ2) is 9.91. The number of rotatable bonds is 1. The van der Waals surface area contributed by atoms with Crippen molar-refractivity contribution in [1.29, 1.82) is 0 Å². The van der Waals surface area contributed by atoms with Crippen LogP contribution in [0, 0.1) is 6.92 Å². The number of aliphatic hydroxyl groups excluding tert-OH is 1. The van der Waals surface area contributed by atoms with Crippen LogP contribution in [-0.2, 0) is 11.4 Å². The van der Waals surface area contributed by atoms with Crippen LogP contribution in [0.5, 0.6) is 0 Å². The summed E-state index contributed by atoms with van der Waals surface area (Å²) in [5.74, 6) is 1.47. The van der Waals surface area contributed by atoms with Crippen molar-refractivity contribution < 1.29 is 14.3 Å². The van der Waals surface area contributed by atoms with Gasteiger partial charge in [-0.25, -0.2) is 0 Å². The molecule has 0 radical (unpaired) electrons. The van der Waals surface area contributed by atoms with Crippen molar-refractivity contribution in [3.05, 3.63) is 23.7 Å². The average molecular weight is 172 g/mol. The van der Waals surface area contributed by atoms with Crippen LogP contribution in [0.25, 0.3) is 0 Å². The van der Waals surface area contributed by atoms with Gasteiger partial charge in [-0.2, -0.15) is 0 Å². The van der Waals surface area contributed by atoms with E-state index in [1.54, 1.807) is 6.07 Å². The summed E-state index contributed by atoms with van der Waals surface area (Å²) >= 11 is 0. The quantitative estimate of drug-likeness (QED) is 0.704. The molecule has 0 fully saturated rings. The topological polar surface area (TPSA) is 50.4 Å². The molecule has 0 aliphatic heterocycles. The van der Waals surface area contributed by atoms with Gasteiger partial charge >= 0.3 is 0 Å². The zero-order valence-corrected chi connectivity index (χ0v) is 7.83. The molecule has 0 aliphatic carbocycles. The molecule has 0 unspecified atom stereocenters. The van der Waals surface area contributed by atoms with Gasteiger partial charge in [0.2, 0.25) is 0 Å². The van der Waals surface area contributed by atoms with E-state index in [9.17, 15) is 0 Å². The summed E-state index contributed by atoms with van der Waals surface area (Å²) in [6, 6.07) is 3.58. The zero-order valence-electron chi connectivity index (χ0n) is 7.83. The Morgan fingerprint density at radius 2 is 1.92 bits per heavy atom. The van der Waals surface area contributed by atoms with Crippen molar-refractivity contribution in [2.45, 2.75) is 27.4 Å². The molecule has 1 aromatic heterocycles. The van der Waals surface area contributed by atoms with Gasteiger partial charge in [0, 0.05) is 0 Å². The highest BCUT2D eigenvalue weighted by Gasteiger charge is 1.92. The molecule has 0 amide bonds. The molecule has 0 aromatic carbocycles. The molecule has 0 bridgehead atoms. The minimum atomic E-state index is -0.00611. The lowest BCUT2D eigenvalue weighted by Crippen LogP contribution is -1.73. The van der Waals surface area contributed by atoms with E-state index in [0.29, 0.717) is 5.76 Å². The number of hydrogen-bond acceptors (Lipinski definition) is 3. The molecule has 0 aliphatic rings. The van der Waals surface area contributed by atoms with Gasteiger partial charge in [0.25, 0.3) is 0 Å². The normalized spacial score (nSPS) is 7.33. The zero-order chi connectivity index (χ0) is 9.98. The molecule has 3 nitrogen and oxygen atoms in total. The molecule has 70 valence electrons. The molecule has 12 heavy (non-hydrogen) atoms. The third-order valence-corrected chi connectivity index (χ3v) is 0.952. The Morgan fingerprint density at radius 1 is 1.42 bits per heavy atom. The molecule has 0 saturated heterocycles. The number of carbonyl (C=O) groups excluding carboxylic acids is 1. The fourth-order valence-corrected chi connectivity index (χ4v) is 0.570. The molecule has 0 saturated carbocycles. The summed E-state index contributed by atoms with van der Waals surface area (Å²) in [7, 11) is 0. The van der Waals surface area contributed by atoms with Crippen molar-refractivity contribution in [2.75, 3.05) is 0 Å². The number of furan rings is 1. The second-order valence-electron chi connectivity index (χ2n) is 1.67. The number of carbonyl (C=O) groups is 1. The Morgan fingerprint density at radius 3 is 2.08 bits per heavy atom. The molecule has 0 atom stereocenters. The lowest BCUT2D eigenvalue weighted by molar-refractivity contribution is -0.0979. The monoisotopic (exact) mass is 172 g/mol. The van der Waals surface area contributed by atoms with Crippen LogP contribution in [0.1, 0.15) is 25.4 Å². The molecule has 1 N–H and O–H groups in total. The highest BCUT2D eigenvalue weighted by Crippen LogP contribution is 2.04. The minimum absolute atomic E-state index is 0.00611. The van der Waals surface area contributed by atoms with Crippen LogP contribution in [0.15, 0.2) is 16.5 Å². The highest BCUT2D eigenvalue weighted by molar-refractivity contribution is 5.11. The van der Waals surface area contributed by atoms with Crippen LogP contribution in [0.4, 0.5) is 0 Å². The van der Waals surface area contributed by atoms with E-state index in [1.807, 2.05) is 33.6 Å². The molecule has 3 heteroatoms. The van der Waals surface area contributed by atoms with Crippen molar-refractivity contribution in [2.24, 2.45) is 0 Å².